The first kappa shape index (κ1) is 13.6. The van der Waals surface area contributed by atoms with Crippen LogP contribution in [0, 0.1) is 0 Å². The highest BCUT2D eigenvalue weighted by Crippen LogP contribution is 1.85. The van der Waals surface area contributed by atoms with Gasteiger partial charge in [0.25, 0.3) is 0 Å². The van der Waals surface area contributed by atoms with Gasteiger partial charge in [0.1, 0.15) is 6.33 Å². The number of amides is 1. The molecule has 1 amide bonds. The van der Waals surface area contributed by atoms with Crippen LogP contribution in [0.5, 0.6) is 0 Å². The summed E-state index contributed by atoms with van der Waals surface area (Å²) in [5.74, 6) is 0.650. The molecule has 1 aromatic heterocycles. The van der Waals surface area contributed by atoms with Crippen molar-refractivity contribution < 1.29 is 9.53 Å². The number of methoxy groups -OCH3 is 1. The van der Waals surface area contributed by atoms with Crippen LogP contribution in [-0.4, -0.2) is 47.5 Å². The van der Waals surface area contributed by atoms with E-state index in [9.17, 15) is 4.79 Å². The topological polar surface area (TPSA) is 81.1 Å². The van der Waals surface area contributed by atoms with Crippen LogP contribution in [0.15, 0.2) is 6.33 Å². The molecule has 96 valence electrons. The second-order valence-corrected chi connectivity index (χ2v) is 3.63. The normalized spacial score (nSPS) is 10.5. The van der Waals surface area contributed by atoms with Crippen LogP contribution in [0.25, 0.3) is 0 Å². The first-order valence-electron chi connectivity index (χ1n) is 5.53. The highest BCUT2D eigenvalue weighted by Gasteiger charge is 2.02. The van der Waals surface area contributed by atoms with E-state index in [1.54, 1.807) is 25.2 Å². The third-order valence-corrected chi connectivity index (χ3v) is 2.06. The van der Waals surface area contributed by atoms with Crippen molar-refractivity contribution in [1.82, 2.24) is 25.4 Å². The number of nitrogens with zero attached hydrogens (tertiary/aromatic N) is 3. The Morgan fingerprint density at radius 2 is 2.41 bits per heavy atom. The molecule has 0 spiro atoms. The van der Waals surface area contributed by atoms with E-state index in [1.807, 2.05) is 0 Å². The second kappa shape index (κ2) is 7.75. The average molecular weight is 241 g/mol. The molecule has 1 aromatic rings. The monoisotopic (exact) mass is 241 g/mol. The van der Waals surface area contributed by atoms with Crippen molar-refractivity contribution >= 4 is 5.91 Å². The van der Waals surface area contributed by atoms with Crippen LogP contribution in [0.3, 0.4) is 0 Å². The molecule has 2 N–H and O–H groups in total. The lowest BCUT2D eigenvalue weighted by Gasteiger charge is -2.05. The molecule has 0 bridgehead atoms. The maximum Gasteiger partial charge on any atom is 0.233 e. The number of rotatable bonds is 8. The van der Waals surface area contributed by atoms with E-state index in [1.165, 1.54) is 0 Å². The molecule has 0 saturated carbocycles. The van der Waals surface area contributed by atoms with E-state index in [0.29, 0.717) is 25.5 Å². The number of carbonyl (C=O) groups excluding carboxylic acids is 1. The molecular formula is C10H19N5O2. The molecule has 1 heterocycles. The van der Waals surface area contributed by atoms with Gasteiger partial charge in [-0.15, -0.1) is 0 Å². The summed E-state index contributed by atoms with van der Waals surface area (Å²) in [6.45, 7) is 2.05. The molecule has 0 radical (unpaired) electrons. The number of hydrogen-bond acceptors (Lipinski definition) is 5. The van der Waals surface area contributed by atoms with Crippen molar-refractivity contribution in [3.05, 3.63) is 12.2 Å². The van der Waals surface area contributed by atoms with Crippen molar-refractivity contribution in [2.45, 2.75) is 13.0 Å². The lowest BCUT2D eigenvalue weighted by molar-refractivity contribution is -0.120. The lowest BCUT2D eigenvalue weighted by atomic mass is 10.4. The van der Waals surface area contributed by atoms with Crippen molar-refractivity contribution in [3.63, 3.8) is 0 Å². The molecule has 7 heteroatoms. The summed E-state index contributed by atoms with van der Waals surface area (Å²) < 4.78 is 6.51. The van der Waals surface area contributed by atoms with Crippen LogP contribution in [0.2, 0.25) is 0 Å². The Hall–Kier alpha value is -1.47. The third kappa shape index (κ3) is 5.98. The molecule has 0 aromatic carbocycles. The van der Waals surface area contributed by atoms with Crippen LogP contribution in [-0.2, 0) is 23.1 Å². The van der Waals surface area contributed by atoms with E-state index in [-0.39, 0.29) is 12.5 Å². The van der Waals surface area contributed by atoms with Gasteiger partial charge in [-0.3, -0.25) is 9.48 Å². The van der Waals surface area contributed by atoms with Gasteiger partial charge in [0.15, 0.2) is 5.82 Å². The first-order valence-corrected chi connectivity index (χ1v) is 5.53. The van der Waals surface area contributed by atoms with E-state index in [2.05, 4.69) is 20.7 Å². The number of ether oxygens (including phenoxy) is 1. The molecule has 7 nitrogen and oxygen atoms in total. The zero-order valence-electron chi connectivity index (χ0n) is 10.3. The minimum absolute atomic E-state index is 0.0305. The number of nitrogens with one attached hydrogen (secondary N) is 2. The zero-order chi connectivity index (χ0) is 12.5. The van der Waals surface area contributed by atoms with Gasteiger partial charge >= 0.3 is 0 Å². The fourth-order valence-corrected chi connectivity index (χ4v) is 1.26. The molecule has 0 aliphatic carbocycles. The molecular weight excluding hydrogens is 222 g/mol. The van der Waals surface area contributed by atoms with Gasteiger partial charge < -0.3 is 15.4 Å². The highest BCUT2D eigenvalue weighted by atomic mass is 16.5. The summed E-state index contributed by atoms with van der Waals surface area (Å²) in [7, 11) is 3.45. The SMILES string of the molecule is COCCCNC(=O)CNCc1ncn(C)n1. The summed E-state index contributed by atoms with van der Waals surface area (Å²) in [6.07, 6.45) is 2.45. The standard InChI is InChI=1S/C10H19N5O2/c1-15-8-13-9(14-15)6-11-7-10(16)12-4-3-5-17-2/h8,11H,3-7H2,1-2H3,(H,12,16). The summed E-state index contributed by atoms with van der Waals surface area (Å²) in [5.41, 5.74) is 0. The second-order valence-electron chi connectivity index (χ2n) is 3.63. The van der Waals surface area contributed by atoms with Crippen LogP contribution in [0.1, 0.15) is 12.2 Å². The Morgan fingerprint density at radius 3 is 3.06 bits per heavy atom. The maximum absolute atomic E-state index is 11.3. The summed E-state index contributed by atoms with van der Waals surface area (Å²) >= 11 is 0. The van der Waals surface area contributed by atoms with Gasteiger partial charge in [-0.1, -0.05) is 0 Å². The summed E-state index contributed by atoms with van der Waals surface area (Å²) in [4.78, 5) is 15.4. The van der Waals surface area contributed by atoms with Crippen molar-refractivity contribution in [1.29, 1.82) is 0 Å². The predicted octanol–water partition coefficient (Wildman–Crippen LogP) is -0.943. The molecule has 17 heavy (non-hydrogen) atoms. The van der Waals surface area contributed by atoms with Crippen molar-refractivity contribution in [2.75, 3.05) is 26.8 Å². The van der Waals surface area contributed by atoms with Gasteiger partial charge in [-0.25, -0.2) is 4.98 Å². The first-order chi connectivity index (χ1) is 8.22. The van der Waals surface area contributed by atoms with Gasteiger partial charge in [-0.05, 0) is 6.42 Å². The minimum atomic E-state index is -0.0305. The van der Waals surface area contributed by atoms with E-state index in [0.717, 1.165) is 6.42 Å². The Balaban J connectivity index is 2.04. The molecule has 0 saturated heterocycles. The maximum atomic E-state index is 11.3. The molecule has 0 fully saturated rings. The predicted molar refractivity (Wildman–Crippen MR) is 62.2 cm³/mol. The molecule has 0 atom stereocenters. The molecule has 0 unspecified atom stereocenters. The van der Waals surface area contributed by atoms with Crippen molar-refractivity contribution in [3.8, 4) is 0 Å². The van der Waals surface area contributed by atoms with Crippen LogP contribution >= 0.6 is 0 Å². The Morgan fingerprint density at radius 1 is 1.59 bits per heavy atom. The van der Waals surface area contributed by atoms with Gasteiger partial charge in [-0.2, -0.15) is 5.10 Å². The Kier molecular flexibility index (Phi) is 6.19. The molecule has 1 rings (SSSR count). The smallest absolute Gasteiger partial charge is 0.233 e. The fraction of sp³-hybridized carbons (Fsp3) is 0.700. The van der Waals surface area contributed by atoms with E-state index in [4.69, 9.17) is 4.74 Å². The largest absolute Gasteiger partial charge is 0.385 e. The number of carbonyl (C=O) groups is 1. The number of aryl methyl sites for hydroxylation is 1. The van der Waals surface area contributed by atoms with E-state index < -0.39 is 0 Å². The Bertz CT molecular complexity index is 339. The Labute approximate surface area is 101 Å². The van der Waals surface area contributed by atoms with Gasteiger partial charge in [0.2, 0.25) is 5.91 Å². The third-order valence-electron chi connectivity index (χ3n) is 2.06. The quantitative estimate of drug-likeness (QED) is 0.574. The van der Waals surface area contributed by atoms with Gasteiger partial charge in [0, 0.05) is 27.3 Å². The van der Waals surface area contributed by atoms with E-state index >= 15 is 0 Å². The van der Waals surface area contributed by atoms with Crippen LogP contribution in [0.4, 0.5) is 0 Å². The van der Waals surface area contributed by atoms with Crippen molar-refractivity contribution in [2.24, 2.45) is 7.05 Å². The average Bonchev–Trinajstić information content (AvgIpc) is 2.71. The highest BCUT2D eigenvalue weighted by molar-refractivity contribution is 5.77. The summed E-state index contributed by atoms with van der Waals surface area (Å²) in [6, 6.07) is 0. The number of aromatic nitrogens is 3. The molecule has 0 aliphatic heterocycles. The van der Waals surface area contributed by atoms with Crippen LogP contribution < -0.4 is 10.6 Å². The number of hydrogen-bond donors (Lipinski definition) is 2. The van der Waals surface area contributed by atoms with Gasteiger partial charge in [0.05, 0.1) is 13.1 Å². The zero-order valence-corrected chi connectivity index (χ0v) is 10.3. The fourth-order valence-electron chi connectivity index (χ4n) is 1.26. The lowest BCUT2D eigenvalue weighted by Crippen LogP contribution is -2.34. The molecule has 0 aliphatic rings. The minimum Gasteiger partial charge on any atom is -0.385 e. The summed E-state index contributed by atoms with van der Waals surface area (Å²) in [5, 5.41) is 9.84.